The second-order valence-electron chi connectivity index (χ2n) is 6.69. The van der Waals surface area contributed by atoms with Crippen LogP contribution in [-0.2, 0) is 4.79 Å². The fourth-order valence-electron chi connectivity index (χ4n) is 3.61. The summed E-state index contributed by atoms with van der Waals surface area (Å²) in [6.45, 7) is 7.74. The third kappa shape index (κ3) is 4.22. The lowest BCUT2D eigenvalue weighted by Gasteiger charge is -2.37. The van der Waals surface area contributed by atoms with E-state index >= 15 is 0 Å². The van der Waals surface area contributed by atoms with E-state index in [9.17, 15) is 4.79 Å². The number of pyridine rings is 1. The number of carbonyl (C=O) groups is 1. The molecule has 3 heterocycles. The molecule has 1 atom stereocenters. The van der Waals surface area contributed by atoms with Crippen LogP contribution in [0.3, 0.4) is 0 Å². The van der Waals surface area contributed by atoms with Gasteiger partial charge in [-0.1, -0.05) is 12.5 Å². The molecule has 2 saturated heterocycles. The van der Waals surface area contributed by atoms with Crippen molar-refractivity contribution in [3.8, 4) is 0 Å². The van der Waals surface area contributed by atoms with E-state index < -0.39 is 0 Å². The maximum absolute atomic E-state index is 12.5. The highest BCUT2D eigenvalue weighted by Gasteiger charge is 2.23. The van der Waals surface area contributed by atoms with Crippen LogP contribution < -0.4 is 4.90 Å². The number of nitrogens with zero attached hydrogens (tertiary/aromatic N) is 4. The Hall–Kier alpha value is -1.62. The Morgan fingerprint density at radius 2 is 2.00 bits per heavy atom. The molecule has 3 rings (SSSR count). The SMILES string of the molecule is CC1CCCCN1CCC(=O)N1CCN(c2ccccn2)CC1. The van der Waals surface area contributed by atoms with Gasteiger partial charge in [0.15, 0.2) is 0 Å². The summed E-state index contributed by atoms with van der Waals surface area (Å²) >= 11 is 0. The smallest absolute Gasteiger partial charge is 0.223 e. The zero-order valence-corrected chi connectivity index (χ0v) is 14.2. The monoisotopic (exact) mass is 316 g/mol. The average Bonchev–Trinajstić information content (AvgIpc) is 2.62. The number of rotatable bonds is 4. The summed E-state index contributed by atoms with van der Waals surface area (Å²) < 4.78 is 0. The van der Waals surface area contributed by atoms with Gasteiger partial charge in [0.2, 0.25) is 5.91 Å². The van der Waals surface area contributed by atoms with Crippen molar-refractivity contribution < 1.29 is 4.79 Å². The Morgan fingerprint density at radius 3 is 2.70 bits per heavy atom. The third-order valence-corrected chi connectivity index (χ3v) is 5.16. The first-order chi connectivity index (χ1) is 11.2. The van der Waals surface area contributed by atoms with Gasteiger partial charge in [-0.25, -0.2) is 4.98 Å². The number of piperazine rings is 1. The minimum atomic E-state index is 0.309. The van der Waals surface area contributed by atoms with E-state index in [1.165, 1.54) is 19.3 Å². The second kappa shape index (κ2) is 7.77. The van der Waals surface area contributed by atoms with E-state index in [1.807, 2.05) is 29.3 Å². The van der Waals surface area contributed by atoms with Crippen LogP contribution in [0.4, 0.5) is 5.82 Å². The van der Waals surface area contributed by atoms with Gasteiger partial charge in [-0.3, -0.25) is 4.79 Å². The maximum Gasteiger partial charge on any atom is 0.223 e. The molecular formula is C18H28N4O. The van der Waals surface area contributed by atoms with Crippen molar-refractivity contribution in [1.29, 1.82) is 0 Å². The second-order valence-corrected chi connectivity index (χ2v) is 6.69. The molecule has 1 aromatic heterocycles. The first-order valence-electron chi connectivity index (χ1n) is 8.92. The largest absolute Gasteiger partial charge is 0.353 e. The summed E-state index contributed by atoms with van der Waals surface area (Å²) in [5.41, 5.74) is 0. The van der Waals surface area contributed by atoms with Crippen molar-refractivity contribution in [1.82, 2.24) is 14.8 Å². The van der Waals surface area contributed by atoms with Gasteiger partial charge in [0.1, 0.15) is 5.82 Å². The average molecular weight is 316 g/mol. The molecule has 1 unspecified atom stereocenters. The molecule has 2 aliphatic heterocycles. The highest BCUT2D eigenvalue weighted by molar-refractivity contribution is 5.76. The Bertz CT molecular complexity index is 499. The van der Waals surface area contributed by atoms with Crippen molar-refractivity contribution in [2.75, 3.05) is 44.2 Å². The molecule has 5 nitrogen and oxygen atoms in total. The first kappa shape index (κ1) is 16.2. The molecule has 0 N–H and O–H groups in total. The molecule has 0 spiro atoms. The van der Waals surface area contributed by atoms with Gasteiger partial charge < -0.3 is 14.7 Å². The summed E-state index contributed by atoms with van der Waals surface area (Å²) in [7, 11) is 0. The first-order valence-corrected chi connectivity index (χ1v) is 8.92. The van der Waals surface area contributed by atoms with Gasteiger partial charge >= 0.3 is 0 Å². The van der Waals surface area contributed by atoms with Crippen molar-refractivity contribution in [2.24, 2.45) is 0 Å². The van der Waals surface area contributed by atoms with Gasteiger partial charge in [0.25, 0.3) is 0 Å². The number of likely N-dealkylation sites (tertiary alicyclic amines) is 1. The molecule has 0 aromatic carbocycles. The predicted octanol–water partition coefficient (Wildman–Crippen LogP) is 1.99. The lowest BCUT2D eigenvalue weighted by atomic mass is 10.0. The molecule has 5 heteroatoms. The quantitative estimate of drug-likeness (QED) is 0.852. The van der Waals surface area contributed by atoms with E-state index in [0.29, 0.717) is 18.4 Å². The number of hydrogen-bond donors (Lipinski definition) is 0. The van der Waals surface area contributed by atoms with Crippen LogP contribution in [-0.4, -0.2) is 66.0 Å². The third-order valence-electron chi connectivity index (χ3n) is 5.16. The van der Waals surface area contributed by atoms with Crippen LogP contribution in [0.2, 0.25) is 0 Å². The topological polar surface area (TPSA) is 39.7 Å². The summed E-state index contributed by atoms with van der Waals surface area (Å²) in [5, 5.41) is 0. The molecule has 0 aliphatic carbocycles. The van der Waals surface area contributed by atoms with Crippen LogP contribution in [0.5, 0.6) is 0 Å². The zero-order valence-electron chi connectivity index (χ0n) is 14.2. The maximum atomic E-state index is 12.5. The van der Waals surface area contributed by atoms with E-state index in [0.717, 1.165) is 45.1 Å². The van der Waals surface area contributed by atoms with Gasteiger partial charge in [-0.05, 0) is 38.4 Å². The van der Waals surface area contributed by atoms with Crippen molar-refractivity contribution in [2.45, 2.75) is 38.6 Å². The van der Waals surface area contributed by atoms with Crippen LogP contribution in [0.15, 0.2) is 24.4 Å². The summed E-state index contributed by atoms with van der Waals surface area (Å²) in [6.07, 6.45) is 6.37. The fraction of sp³-hybridized carbons (Fsp3) is 0.667. The minimum Gasteiger partial charge on any atom is -0.353 e. The number of carbonyl (C=O) groups excluding carboxylic acids is 1. The molecule has 2 aliphatic rings. The molecular weight excluding hydrogens is 288 g/mol. The summed E-state index contributed by atoms with van der Waals surface area (Å²) in [6, 6.07) is 6.62. The Morgan fingerprint density at radius 1 is 1.17 bits per heavy atom. The predicted molar refractivity (Wildman–Crippen MR) is 92.5 cm³/mol. The highest BCUT2D eigenvalue weighted by Crippen LogP contribution is 2.17. The van der Waals surface area contributed by atoms with Crippen molar-refractivity contribution in [3.63, 3.8) is 0 Å². The van der Waals surface area contributed by atoms with Crippen LogP contribution >= 0.6 is 0 Å². The molecule has 126 valence electrons. The van der Waals surface area contributed by atoms with E-state index in [1.54, 1.807) is 0 Å². The lowest BCUT2D eigenvalue weighted by Crippen LogP contribution is -2.49. The van der Waals surface area contributed by atoms with Gasteiger partial charge in [-0.15, -0.1) is 0 Å². The zero-order chi connectivity index (χ0) is 16.1. The van der Waals surface area contributed by atoms with Crippen LogP contribution in [0.1, 0.15) is 32.6 Å². The van der Waals surface area contributed by atoms with Crippen LogP contribution in [0.25, 0.3) is 0 Å². The lowest BCUT2D eigenvalue weighted by molar-refractivity contribution is -0.132. The Labute approximate surface area is 139 Å². The Balaban J connectivity index is 1.43. The van der Waals surface area contributed by atoms with Crippen LogP contribution in [0, 0.1) is 0 Å². The summed E-state index contributed by atoms with van der Waals surface area (Å²) in [4.78, 5) is 23.6. The normalized spacial score (nSPS) is 23.1. The summed E-state index contributed by atoms with van der Waals surface area (Å²) in [5.74, 6) is 1.32. The van der Waals surface area contributed by atoms with Gasteiger partial charge in [0, 0.05) is 51.4 Å². The minimum absolute atomic E-state index is 0.309. The number of anilines is 1. The van der Waals surface area contributed by atoms with Gasteiger partial charge in [0.05, 0.1) is 0 Å². The number of piperidine rings is 1. The molecule has 1 amide bonds. The molecule has 1 aromatic rings. The molecule has 23 heavy (non-hydrogen) atoms. The number of hydrogen-bond acceptors (Lipinski definition) is 4. The Kier molecular flexibility index (Phi) is 5.49. The molecule has 0 radical (unpaired) electrons. The fourth-order valence-corrected chi connectivity index (χ4v) is 3.61. The molecule has 2 fully saturated rings. The van der Waals surface area contributed by atoms with Crippen molar-refractivity contribution >= 4 is 11.7 Å². The van der Waals surface area contributed by atoms with E-state index in [2.05, 4.69) is 21.7 Å². The molecule has 0 bridgehead atoms. The highest BCUT2D eigenvalue weighted by atomic mass is 16.2. The standard InChI is InChI=1S/C18H28N4O/c1-16-6-3-5-10-20(16)11-8-18(23)22-14-12-21(13-15-22)17-7-2-4-9-19-17/h2,4,7,9,16H,3,5-6,8,10-15H2,1H3. The van der Waals surface area contributed by atoms with E-state index in [4.69, 9.17) is 0 Å². The molecule has 0 saturated carbocycles. The van der Waals surface area contributed by atoms with E-state index in [-0.39, 0.29) is 0 Å². The van der Waals surface area contributed by atoms with Gasteiger partial charge in [-0.2, -0.15) is 0 Å². The van der Waals surface area contributed by atoms with Crippen molar-refractivity contribution in [3.05, 3.63) is 24.4 Å². The number of amides is 1. The number of aromatic nitrogens is 1.